The molecule has 1 aromatic heterocycles. The molecule has 1 aromatic rings. The average Bonchev–Trinajstić information content (AvgIpc) is 2.64. The summed E-state index contributed by atoms with van der Waals surface area (Å²) in [4.78, 5) is 7.54. The van der Waals surface area contributed by atoms with Crippen LogP contribution in [0.15, 0.2) is 22.5 Å². The van der Waals surface area contributed by atoms with E-state index in [-0.39, 0.29) is 0 Å². The Hall–Kier alpha value is -1.03. The van der Waals surface area contributed by atoms with E-state index in [0.29, 0.717) is 12.0 Å². The van der Waals surface area contributed by atoms with E-state index in [0.717, 1.165) is 6.54 Å². The van der Waals surface area contributed by atoms with Crippen LogP contribution in [-0.4, -0.2) is 24.5 Å². The number of hydrogen-bond acceptors (Lipinski definition) is 4. The molecule has 1 aliphatic heterocycles. The van der Waals surface area contributed by atoms with Gasteiger partial charge >= 0.3 is 0 Å². The van der Waals surface area contributed by atoms with Gasteiger partial charge in [0.25, 0.3) is 0 Å². The lowest BCUT2D eigenvalue weighted by Crippen LogP contribution is -2.31. The molecular formula is C8H11N3S. The van der Waals surface area contributed by atoms with E-state index in [4.69, 9.17) is 5.73 Å². The summed E-state index contributed by atoms with van der Waals surface area (Å²) >= 11 is 1.76. The van der Waals surface area contributed by atoms with Gasteiger partial charge in [-0.1, -0.05) is 6.07 Å². The van der Waals surface area contributed by atoms with E-state index in [1.807, 2.05) is 11.9 Å². The second kappa shape index (κ2) is 2.79. The Bertz CT molecular complexity index is 291. The highest BCUT2D eigenvalue weighted by molar-refractivity contribution is 7.10. The molecule has 0 aliphatic carbocycles. The van der Waals surface area contributed by atoms with Crippen LogP contribution in [0.5, 0.6) is 0 Å². The summed E-state index contributed by atoms with van der Waals surface area (Å²) in [6.45, 7) is 0.794. The minimum atomic E-state index is 0.366. The number of aliphatic imine (C=N–C) groups is 1. The quantitative estimate of drug-likeness (QED) is 0.703. The second-order valence-corrected chi connectivity index (χ2v) is 3.82. The third-order valence-corrected chi connectivity index (χ3v) is 3.10. The van der Waals surface area contributed by atoms with Crippen LogP contribution in [0.25, 0.3) is 0 Å². The fraction of sp³-hybridized carbons (Fsp3) is 0.375. The highest BCUT2D eigenvalue weighted by Gasteiger charge is 2.24. The van der Waals surface area contributed by atoms with Gasteiger partial charge < -0.3 is 10.6 Å². The van der Waals surface area contributed by atoms with Crippen LogP contribution in [0.1, 0.15) is 10.9 Å². The maximum Gasteiger partial charge on any atom is 0.191 e. The molecule has 0 saturated carbocycles. The molecule has 12 heavy (non-hydrogen) atoms. The summed E-state index contributed by atoms with van der Waals surface area (Å²) in [6, 6.07) is 4.55. The number of nitrogens with zero attached hydrogens (tertiary/aromatic N) is 2. The van der Waals surface area contributed by atoms with E-state index in [2.05, 4.69) is 22.5 Å². The van der Waals surface area contributed by atoms with Gasteiger partial charge in [-0.3, -0.25) is 4.99 Å². The maximum atomic E-state index is 5.66. The minimum absolute atomic E-state index is 0.366. The van der Waals surface area contributed by atoms with Crippen molar-refractivity contribution in [1.29, 1.82) is 0 Å². The fourth-order valence-corrected chi connectivity index (χ4v) is 2.20. The Balaban J connectivity index is 2.20. The van der Waals surface area contributed by atoms with Crippen LogP contribution < -0.4 is 5.73 Å². The van der Waals surface area contributed by atoms with Gasteiger partial charge in [0.2, 0.25) is 0 Å². The first-order valence-electron chi connectivity index (χ1n) is 3.85. The zero-order chi connectivity index (χ0) is 8.55. The molecule has 2 N–H and O–H groups in total. The Morgan fingerprint density at radius 1 is 1.75 bits per heavy atom. The monoisotopic (exact) mass is 181 g/mol. The van der Waals surface area contributed by atoms with Crippen LogP contribution in [-0.2, 0) is 0 Å². The average molecular weight is 181 g/mol. The lowest BCUT2D eigenvalue weighted by atomic mass is 10.2. The first-order valence-corrected chi connectivity index (χ1v) is 4.73. The van der Waals surface area contributed by atoms with E-state index in [1.54, 1.807) is 11.3 Å². The van der Waals surface area contributed by atoms with Crippen molar-refractivity contribution in [2.75, 3.05) is 13.6 Å². The van der Waals surface area contributed by atoms with Gasteiger partial charge in [-0.2, -0.15) is 0 Å². The topological polar surface area (TPSA) is 41.6 Å². The van der Waals surface area contributed by atoms with E-state index in [9.17, 15) is 0 Å². The highest BCUT2D eigenvalue weighted by Crippen LogP contribution is 2.27. The number of guanidine groups is 1. The lowest BCUT2D eigenvalue weighted by Gasteiger charge is -2.19. The molecule has 0 amide bonds. The summed E-state index contributed by atoms with van der Waals surface area (Å²) in [7, 11) is 1.98. The molecule has 3 nitrogen and oxygen atoms in total. The number of nitrogens with two attached hydrogens (primary N) is 1. The van der Waals surface area contributed by atoms with Crippen molar-refractivity contribution in [3.05, 3.63) is 22.4 Å². The molecule has 1 unspecified atom stereocenters. The van der Waals surface area contributed by atoms with Crippen LogP contribution >= 0.6 is 11.3 Å². The van der Waals surface area contributed by atoms with E-state index in [1.165, 1.54) is 4.88 Å². The van der Waals surface area contributed by atoms with Crippen LogP contribution in [0.3, 0.4) is 0 Å². The third kappa shape index (κ3) is 1.08. The number of likely N-dealkylation sites (N-methyl/N-ethyl adjacent to an activating group) is 1. The molecule has 0 radical (unpaired) electrons. The van der Waals surface area contributed by atoms with Crippen molar-refractivity contribution in [2.24, 2.45) is 10.7 Å². The zero-order valence-electron chi connectivity index (χ0n) is 6.90. The predicted molar refractivity (Wildman–Crippen MR) is 51.3 cm³/mol. The number of hydrogen-bond donors (Lipinski definition) is 1. The summed E-state index contributed by atoms with van der Waals surface area (Å²) < 4.78 is 0. The van der Waals surface area contributed by atoms with E-state index < -0.39 is 0 Å². The van der Waals surface area contributed by atoms with Crippen LogP contribution in [0, 0.1) is 0 Å². The third-order valence-electron chi connectivity index (χ3n) is 2.13. The highest BCUT2D eigenvalue weighted by atomic mass is 32.1. The number of rotatable bonds is 1. The Morgan fingerprint density at radius 3 is 3.08 bits per heavy atom. The summed E-state index contributed by atoms with van der Waals surface area (Å²) in [5.41, 5.74) is 5.66. The van der Waals surface area contributed by atoms with Crippen LogP contribution in [0.2, 0.25) is 0 Å². The fourth-order valence-electron chi connectivity index (χ4n) is 1.34. The van der Waals surface area contributed by atoms with Crippen molar-refractivity contribution >= 4 is 17.3 Å². The lowest BCUT2D eigenvalue weighted by molar-refractivity contribution is 0.420. The first-order chi connectivity index (χ1) is 5.79. The largest absolute Gasteiger partial charge is 0.370 e. The van der Waals surface area contributed by atoms with Gasteiger partial charge in [0.05, 0.1) is 12.6 Å². The molecule has 0 aromatic carbocycles. The molecule has 4 heteroatoms. The minimum Gasteiger partial charge on any atom is -0.370 e. The smallest absolute Gasteiger partial charge is 0.191 e. The molecule has 1 atom stereocenters. The van der Waals surface area contributed by atoms with Crippen molar-refractivity contribution < 1.29 is 0 Å². The van der Waals surface area contributed by atoms with Crippen molar-refractivity contribution in [3.8, 4) is 0 Å². The van der Waals surface area contributed by atoms with Crippen LogP contribution in [0.4, 0.5) is 0 Å². The maximum absolute atomic E-state index is 5.66. The molecule has 1 aliphatic rings. The summed E-state index contributed by atoms with van der Waals surface area (Å²) in [5.74, 6) is 0.647. The molecular weight excluding hydrogens is 170 g/mol. The standard InChI is InChI=1S/C8H11N3S/c1-11-6(5-10-8(11)9)7-3-2-4-12-7/h2-4,6H,5H2,1H3,(H2,9,10). The SMILES string of the molecule is CN1C(N)=NCC1c1cccs1. The van der Waals surface area contributed by atoms with Crippen molar-refractivity contribution in [2.45, 2.75) is 6.04 Å². The molecule has 0 fully saturated rings. The van der Waals surface area contributed by atoms with Crippen molar-refractivity contribution in [3.63, 3.8) is 0 Å². The first kappa shape index (κ1) is 7.61. The van der Waals surface area contributed by atoms with Gasteiger partial charge in [0.1, 0.15) is 0 Å². The summed E-state index contributed by atoms with van der Waals surface area (Å²) in [6.07, 6.45) is 0. The van der Waals surface area contributed by atoms with Gasteiger partial charge in [-0.15, -0.1) is 11.3 Å². The van der Waals surface area contributed by atoms with Crippen molar-refractivity contribution in [1.82, 2.24) is 4.90 Å². The Labute approximate surface area is 75.5 Å². The molecule has 2 heterocycles. The number of thiophene rings is 1. The molecule has 64 valence electrons. The Kier molecular flexibility index (Phi) is 1.77. The van der Waals surface area contributed by atoms with Gasteiger partial charge in [-0.05, 0) is 11.4 Å². The molecule has 0 saturated heterocycles. The normalized spacial score (nSPS) is 22.9. The molecule has 0 spiro atoms. The van der Waals surface area contributed by atoms with Gasteiger partial charge in [0.15, 0.2) is 5.96 Å². The predicted octanol–water partition coefficient (Wildman–Crippen LogP) is 1.05. The van der Waals surface area contributed by atoms with Gasteiger partial charge in [-0.25, -0.2) is 0 Å². The van der Waals surface area contributed by atoms with Gasteiger partial charge in [0, 0.05) is 11.9 Å². The second-order valence-electron chi connectivity index (χ2n) is 2.84. The van der Waals surface area contributed by atoms with E-state index >= 15 is 0 Å². The summed E-state index contributed by atoms with van der Waals surface area (Å²) in [5, 5.41) is 2.08. The Morgan fingerprint density at radius 2 is 2.58 bits per heavy atom. The molecule has 0 bridgehead atoms. The zero-order valence-corrected chi connectivity index (χ0v) is 7.71. The molecule has 2 rings (SSSR count).